The molecule has 21 heavy (non-hydrogen) atoms. The van der Waals surface area contributed by atoms with Crippen LogP contribution in [0.5, 0.6) is 5.75 Å². The van der Waals surface area contributed by atoms with Crippen LogP contribution in [0.15, 0.2) is 24.3 Å². The molecule has 0 bridgehead atoms. The van der Waals surface area contributed by atoms with Crippen molar-refractivity contribution < 1.29 is 9.47 Å². The Labute approximate surface area is 128 Å². The topological polar surface area (TPSA) is 30.5 Å². The number of rotatable bonds is 5. The minimum Gasteiger partial charge on any atom is -0.490 e. The highest BCUT2D eigenvalue weighted by molar-refractivity contribution is 5.37. The normalized spacial score (nSPS) is 31.4. The average Bonchev–Trinajstić information content (AvgIpc) is 3.01. The van der Waals surface area contributed by atoms with E-state index in [4.69, 9.17) is 9.47 Å². The van der Waals surface area contributed by atoms with Gasteiger partial charge in [-0.3, -0.25) is 0 Å². The molecule has 0 aliphatic carbocycles. The maximum Gasteiger partial charge on any atom is 0.123 e. The van der Waals surface area contributed by atoms with Crippen LogP contribution in [-0.2, 0) is 11.2 Å². The molecule has 1 aromatic carbocycles. The van der Waals surface area contributed by atoms with Gasteiger partial charge in [0.05, 0.1) is 6.10 Å². The van der Waals surface area contributed by atoms with E-state index in [9.17, 15) is 0 Å². The highest BCUT2D eigenvalue weighted by Gasteiger charge is 2.44. The van der Waals surface area contributed by atoms with Crippen LogP contribution in [0.2, 0.25) is 0 Å². The van der Waals surface area contributed by atoms with Gasteiger partial charge < -0.3 is 14.8 Å². The van der Waals surface area contributed by atoms with Gasteiger partial charge in [0, 0.05) is 31.0 Å². The number of benzene rings is 1. The van der Waals surface area contributed by atoms with Crippen molar-refractivity contribution in [1.82, 2.24) is 5.32 Å². The van der Waals surface area contributed by atoms with Gasteiger partial charge in [0.2, 0.25) is 0 Å². The van der Waals surface area contributed by atoms with E-state index in [0.717, 1.165) is 38.2 Å². The molecule has 3 rings (SSSR count). The molecule has 0 saturated carbocycles. The van der Waals surface area contributed by atoms with Crippen molar-refractivity contribution >= 4 is 0 Å². The molecule has 1 saturated heterocycles. The average molecular weight is 289 g/mol. The van der Waals surface area contributed by atoms with Gasteiger partial charge in [0.1, 0.15) is 11.9 Å². The van der Waals surface area contributed by atoms with Crippen LogP contribution in [0.25, 0.3) is 0 Å². The molecule has 0 spiro atoms. The number of hydrogen-bond acceptors (Lipinski definition) is 3. The molecule has 2 aliphatic rings. The number of para-hydroxylation sites is 1. The molecule has 3 unspecified atom stereocenters. The fourth-order valence-corrected chi connectivity index (χ4v) is 3.62. The van der Waals surface area contributed by atoms with Gasteiger partial charge in [-0.05, 0) is 31.4 Å². The molecular formula is C18H27NO2. The van der Waals surface area contributed by atoms with Gasteiger partial charge in [-0.2, -0.15) is 0 Å². The Hall–Kier alpha value is -1.06. The molecule has 1 fully saturated rings. The number of hydrogen-bond donors (Lipinski definition) is 1. The van der Waals surface area contributed by atoms with Crippen LogP contribution in [-0.4, -0.2) is 31.4 Å². The minimum atomic E-state index is 0.205. The molecule has 2 aliphatic heterocycles. The third kappa shape index (κ3) is 3.09. The van der Waals surface area contributed by atoms with Crippen LogP contribution >= 0.6 is 0 Å². The standard InChI is InChI=1S/C18H27NO2/c1-13(2)19-12-18(8-9-20-14(18)3)11-16-10-15-6-4-5-7-17(15)21-16/h4-7,13-14,16,19H,8-12H2,1-3H3. The molecule has 0 aromatic heterocycles. The maximum atomic E-state index is 6.17. The first-order chi connectivity index (χ1) is 10.1. The second-order valence-corrected chi connectivity index (χ2v) is 6.92. The zero-order valence-corrected chi connectivity index (χ0v) is 13.4. The van der Waals surface area contributed by atoms with E-state index >= 15 is 0 Å². The Bertz CT molecular complexity index is 463. The van der Waals surface area contributed by atoms with E-state index in [-0.39, 0.29) is 5.41 Å². The lowest BCUT2D eigenvalue weighted by atomic mass is 9.76. The van der Waals surface area contributed by atoms with E-state index in [1.165, 1.54) is 5.56 Å². The highest BCUT2D eigenvalue weighted by Crippen LogP contribution is 2.42. The predicted molar refractivity (Wildman–Crippen MR) is 84.8 cm³/mol. The summed E-state index contributed by atoms with van der Waals surface area (Å²) in [4.78, 5) is 0. The fraction of sp³-hybridized carbons (Fsp3) is 0.667. The lowest BCUT2D eigenvalue weighted by molar-refractivity contribution is 0.0359. The van der Waals surface area contributed by atoms with Crippen LogP contribution in [0.3, 0.4) is 0 Å². The first-order valence-corrected chi connectivity index (χ1v) is 8.19. The smallest absolute Gasteiger partial charge is 0.123 e. The molecule has 2 heterocycles. The van der Waals surface area contributed by atoms with Gasteiger partial charge in [-0.1, -0.05) is 32.0 Å². The predicted octanol–water partition coefficient (Wildman–Crippen LogP) is 3.17. The van der Waals surface area contributed by atoms with Gasteiger partial charge in [0.25, 0.3) is 0 Å². The van der Waals surface area contributed by atoms with Crippen molar-refractivity contribution in [3.63, 3.8) is 0 Å². The zero-order valence-electron chi connectivity index (χ0n) is 13.4. The Morgan fingerprint density at radius 1 is 1.33 bits per heavy atom. The van der Waals surface area contributed by atoms with E-state index in [2.05, 4.69) is 50.4 Å². The Morgan fingerprint density at radius 3 is 2.81 bits per heavy atom. The SMILES string of the molecule is CC(C)NCC1(CC2Cc3ccccc3O2)CCOC1C. The largest absolute Gasteiger partial charge is 0.490 e. The van der Waals surface area contributed by atoms with Crippen molar-refractivity contribution in [2.75, 3.05) is 13.2 Å². The molecule has 1 aromatic rings. The Kier molecular flexibility index (Phi) is 4.23. The van der Waals surface area contributed by atoms with Gasteiger partial charge >= 0.3 is 0 Å². The van der Waals surface area contributed by atoms with Crippen molar-refractivity contribution in [2.24, 2.45) is 5.41 Å². The number of fused-ring (bicyclic) bond motifs is 1. The summed E-state index contributed by atoms with van der Waals surface area (Å²) in [5.41, 5.74) is 1.55. The first-order valence-electron chi connectivity index (χ1n) is 8.19. The third-order valence-corrected chi connectivity index (χ3v) is 5.04. The highest BCUT2D eigenvalue weighted by atomic mass is 16.5. The second kappa shape index (κ2) is 5.98. The first kappa shape index (κ1) is 14.9. The monoisotopic (exact) mass is 289 g/mol. The van der Waals surface area contributed by atoms with E-state index in [0.29, 0.717) is 18.2 Å². The summed E-state index contributed by atoms with van der Waals surface area (Å²) in [6.07, 6.45) is 3.83. The van der Waals surface area contributed by atoms with E-state index in [1.54, 1.807) is 0 Å². The van der Waals surface area contributed by atoms with Gasteiger partial charge in [0.15, 0.2) is 0 Å². The summed E-state index contributed by atoms with van der Waals surface area (Å²) in [5.74, 6) is 1.07. The molecule has 3 nitrogen and oxygen atoms in total. The van der Waals surface area contributed by atoms with Crippen LogP contribution < -0.4 is 10.1 Å². The van der Waals surface area contributed by atoms with Crippen molar-refractivity contribution in [3.05, 3.63) is 29.8 Å². The van der Waals surface area contributed by atoms with E-state index in [1.807, 2.05) is 0 Å². The van der Waals surface area contributed by atoms with Gasteiger partial charge in [-0.15, -0.1) is 0 Å². The lowest BCUT2D eigenvalue weighted by Gasteiger charge is -2.35. The summed E-state index contributed by atoms with van der Waals surface area (Å²) in [5, 5.41) is 3.62. The second-order valence-electron chi connectivity index (χ2n) is 6.92. The molecule has 116 valence electrons. The number of ether oxygens (including phenoxy) is 2. The fourth-order valence-electron chi connectivity index (χ4n) is 3.62. The van der Waals surface area contributed by atoms with Crippen LogP contribution in [0.1, 0.15) is 39.2 Å². The zero-order chi connectivity index (χ0) is 14.9. The summed E-state index contributed by atoms with van der Waals surface area (Å²) in [6, 6.07) is 8.93. The van der Waals surface area contributed by atoms with Crippen molar-refractivity contribution in [1.29, 1.82) is 0 Å². The lowest BCUT2D eigenvalue weighted by Crippen LogP contribution is -2.44. The van der Waals surface area contributed by atoms with Crippen LogP contribution in [0, 0.1) is 5.41 Å². The van der Waals surface area contributed by atoms with Gasteiger partial charge in [-0.25, -0.2) is 0 Å². The van der Waals surface area contributed by atoms with Crippen molar-refractivity contribution in [2.45, 2.75) is 58.3 Å². The summed E-state index contributed by atoms with van der Waals surface area (Å²) in [7, 11) is 0. The van der Waals surface area contributed by atoms with Crippen LogP contribution in [0.4, 0.5) is 0 Å². The Morgan fingerprint density at radius 2 is 2.14 bits per heavy atom. The molecule has 3 atom stereocenters. The molecule has 0 radical (unpaired) electrons. The number of nitrogens with one attached hydrogen (secondary N) is 1. The molecule has 0 amide bonds. The third-order valence-electron chi connectivity index (χ3n) is 5.04. The summed E-state index contributed by atoms with van der Waals surface area (Å²) >= 11 is 0. The molecular weight excluding hydrogens is 262 g/mol. The Balaban J connectivity index is 1.69. The summed E-state index contributed by atoms with van der Waals surface area (Å²) < 4.78 is 12.1. The van der Waals surface area contributed by atoms with Crippen molar-refractivity contribution in [3.8, 4) is 5.75 Å². The minimum absolute atomic E-state index is 0.205. The maximum absolute atomic E-state index is 6.17. The quantitative estimate of drug-likeness (QED) is 0.903. The summed E-state index contributed by atoms with van der Waals surface area (Å²) in [6.45, 7) is 8.52. The molecule has 3 heteroatoms. The van der Waals surface area contributed by atoms with E-state index < -0.39 is 0 Å². The molecule has 1 N–H and O–H groups in total.